The molecule has 0 saturated carbocycles. The molecule has 0 atom stereocenters. The number of H-pyrrole nitrogens is 1. The first-order valence-corrected chi connectivity index (χ1v) is 19.1. The summed E-state index contributed by atoms with van der Waals surface area (Å²) >= 11 is 0. The topological polar surface area (TPSA) is 46.5 Å². The first kappa shape index (κ1) is 35.3. The molecule has 0 amide bonds. The van der Waals surface area contributed by atoms with Crippen LogP contribution in [0.3, 0.4) is 0 Å². The predicted molar refractivity (Wildman–Crippen MR) is 229 cm³/mol. The van der Waals surface area contributed by atoms with Crippen molar-refractivity contribution in [2.45, 2.75) is 78.6 Å². The highest BCUT2D eigenvalue weighted by atomic mass is 15.1. The number of hydrogen-bond acceptors (Lipinski definition) is 2. The summed E-state index contributed by atoms with van der Waals surface area (Å²) in [5, 5.41) is 2.33. The molecule has 270 valence electrons. The molecule has 0 saturated heterocycles. The number of hydrogen-bond donors (Lipinski definition) is 1. The fraction of sp³-hybridized carbons (Fsp3) is 0.240. The van der Waals surface area contributed by atoms with Gasteiger partial charge in [-0.15, -0.1) is 0 Å². The molecular weight excluding hydrogens is 657 g/mol. The largest absolute Gasteiger partial charge is 0.341 e. The van der Waals surface area contributed by atoms with E-state index in [0.717, 1.165) is 61.7 Å². The second-order valence-corrected chi connectivity index (χ2v) is 17.8. The highest BCUT2D eigenvalue weighted by Gasteiger charge is 2.23. The maximum atomic E-state index is 5.54. The summed E-state index contributed by atoms with van der Waals surface area (Å²) in [6.45, 7) is 20.6. The van der Waals surface area contributed by atoms with Crippen LogP contribution in [0.1, 0.15) is 79.0 Å². The first-order valence-electron chi connectivity index (χ1n) is 19.1. The van der Waals surface area contributed by atoms with Crippen LogP contribution in [-0.4, -0.2) is 19.5 Å². The van der Waals surface area contributed by atoms with Crippen LogP contribution < -0.4 is 0 Å². The molecule has 0 aliphatic rings. The Morgan fingerprint density at radius 1 is 0.463 bits per heavy atom. The normalized spacial score (nSPS) is 12.5. The zero-order valence-electron chi connectivity index (χ0n) is 33.0. The van der Waals surface area contributed by atoms with Gasteiger partial charge in [0.15, 0.2) is 0 Å². The van der Waals surface area contributed by atoms with E-state index in [1.54, 1.807) is 0 Å². The van der Waals surface area contributed by atoms with Crippen LogP contribution in [0.15, 0.2) is 134 Å². The van der Waals surface area contributed by atoms with Gasteiger partial charge in [0.25, 0.3) is 0 Å². The zero-order chi connectivity index (χ0) is 38.0. The second-order valence-electron chi connectivity index (χ2n) is 17.8. The van der Waals surface area contributed by atoms with Gasteiger partial charge in [0.05, 0.1) is 16.9 Å². The van der Waals surface area contributed by atoms with Gasteiger partial charge in [-0.05, 0) is 116 Å². The molecule has 8 rings (SSSR count). The van der Waals surface area contributed by atoms with Gasteiger partial charge in [-0.25, -0.2) is 4.98 Å². The van der Waals surface area contributed by atoms with Crippen LogP contribution in [0.4, 0.5) is 0 Å². The van der Waals surface area contributed by atoms with Crippen molar-refractivity contribution in [3.63, 3.8) is 0 Å². The van der Waals surface area contributed by atoms with E-state index in [1.807, 2.05) is 12.3 Å². The number of nitrogens with zero attached hydrogens (tertiary/aromatic N) is 3. The zero-order valence-corrected chi connectivity index (χ0v) is 33.0. The molecule has 1 N–H and O–H groups in total. The van der Waals surface area contributed by atoms with Gasteiger partial charge in [-0.2, -0.15) is 0 Å². The maximum absolute atomic E-state index is 5.54. The predicted octanol–water partition coefficient (Wildman–Crippen LogP) is 13.5. The lowest BCUT2D eigenvalue weighted by molar-refractivity contribution is 0.569. The van der Waals surface area contributed by atoms with Crippen molar-refractivity contribution >= 4 is 21.9 Å². The molecule has 0 bridgehead atoms. The van der Waals surface area contributed by atoms with Crippen molar-refractivity contribution in [3.8, 4) is 50.7 Å². The van der Waals surface area contributed by atoms with Gasteiger partial charge < -0.3 is 4.98 Å². The average Bonchev–Trinajstić information content (AvgIpc) is 3.76. The van der Waals surface area contributed by atoms with Crippen molar-refractivity contribution in [2.24, 2.45) is 0 Å². The van der Waals surface area contributed by atoms with E-state index in [0.29, 0.717) is 0 Å². The molecule has 4 heterocycles. The lowest BCUT2D eigenvalue weighted by atomic mass is 9.78. The Morgan fingerprint density at radius 2 is 1.09 bits per heavy atom. The van der Waals surface area contributed by atoms with E-state index in [9.17, 15) is 0 Å². The minimum absolute atomic E-state index is 0.00247. The van der Waals surface area contributed by atoms with E-state index >= 15 is 0 Å². The molecule has 0 fully saturated rings. The van der Waals surface area contributed by atoms with Gasteiger partial charge in [0.2, 0.25) is 0 Å². The van der Waals surface area contributed by atoms with E-state index in [4.69, 9.17) is 9.97 Å². The molecule has 54 heavy (non-hydrogen) atoms. The van der Waals surface area contributed by atoms with Crippen molar-refractivity contribution in [1.82, 2.24) is 19.5 Å². The van der Waals surface area contributed by atoms with Crippen LogP contribution in [0.2, 0.25) is 0 Å². The number of benzene rings is 4. The van der Waals surface area contributed by atoms with Crippen LogP contribution in [-0.2, 0) is 16.2 Å². The molecule has 0 radical (unpaired) electrons. The van der Waals surface area contributed by atoms with Crippen molar-refractivity contribution in [3.05, 3.63) is 150 Å². The Morgan fingerprint density at radius 3 is 1.74 bits per heavy atom. The van der Waals surface area contributed by atoms with E-state index < -0.39 is 0 Å². The monoisotopic (exact) mass is 706 g/mol. The number of nitrogens with one attached hydrogen (secondary N) is 1. The summed E-state index contributed by atoms with van der Waals surface area (Å²) in [4.78, 5) is 14.1. The SMILES string of the molecule is CC(C)(C)c1cc(-c2cc(-c3ccccn3)cc(-c3ccc4c5cc(C(C)(C)C)ccc5n(-c5ccc(-c6ccccc6)[nH]5)c4n3)c2)cc(C(C)(C)C)c1. The van der Waals surface area contributed by atoms with Crippen LogP contribution in [0, 0.1) is 0 Å². The molecule has 4 aromatic carbocycles. The number of rotatable bonds is 5. The fourth-order valence-electron chi connectivity index (χ4n) is 7.35. The minimum Gasteiger partial charge on any atom is -0.341 e. The van der Waals surface area contributed by atoms with E-state index in [2.05, 4.69) is 193 Å². The Bertz CT molecular complexity index is 2600. The Kier molecular flexibility index (Phi) is 8.49. The molecule has 4 nitrogen and oxygen atoms in total. The smallest absolute Gasteiger partial charge is 0.147 e. The lowest BCUT2D eigenvalue weighted by Gasteiger charge is -2.26. The summed E-state index contributed by atoms with van der Waals surface area (Å²) in [5.41, 5.74) is 14.6. The number of fused-ring (bicyclic) bond motifs is 3. The van der Waals surface area contributed by atoms with Crippen molar-refractivity contribution < 1.29 is 0 Å². The first-order chi connectivity index (χ1) is 25.6. The molecule has 0 aliphatic carbocycles. The lowest BCUT2D eigenvalue weighted by Crippen LogP contribution is -2.16. The molecule has 4 heteroatoms. The van der Waals surface area contributed by atoms with Crippen LogP contribution >= 0.6 is 0 Å². The number of aromatic nitrogens is 4. The highest BCUT2D eigenvalue weighted by molar-refractivity contribution is 6.08. The fourth-order valence-corrected chi connectivity index (χ4v) is 7.35. The summed E-state index contributed by atoms with van der Waals surface area (Å²) in [5.74, 6) is 0.985. The molecule has 8 aromatic rings. The van der Waals surface area contributed by atoms with Gasteiger partial charge in [0, 0.05) is 33.8 Å². The van der Waals surface area contributed by atoms with Gasteiger partial charge in [-0.3, -0.25) is 9.55 Å². The molecule has 0 spiro atoms. The molecule has 0 unspecified atom stereocenters. The second kappa shape index (κ2) is 13.0. The Hall–Kier alpha value is -5.74. The quantitative estimate of drug-likeness (QED) is 0.194. The minimum atomic E-state index is 0.00247. The van der Waals surface area contributed by atoms with Gasteiger partial charge in [-0.1, -0.05) is 123 Å². The number of pyridine rings is 2. The third-order valence-electron chi connectivity index (χ3n) is 10.7. The molecule has 4 aromatic heterocycles. The van der Waals surface area contributed by atoms with E-state index in [-0.39, 0.29) is 16.2 Å². The third-order valence-corrected chi connectivity index (χ3v) is 10.7. The summed E-state index contributed by atoms with van der Waals surface area (Å²) in [6, 6.07) is 46.2. The Balaban J connectivity index is 1.37. The molecule has 0 aliphatic heterocycles. The Labute approximate surface area is 320 Å². The van der Waals surface area contributed by atoms with Crippen molar-refractivity contribution in [1.29, 1.82) is 0 Å². The van der Waals surface area contributed by atoms with Crippen LogP contribution in [0.25, 0.3) is 72.7 Å². The average molecular weight is 707 g/mol. The summed E-state index contributed by atoms with van der Waals surface area (Å²) < 4.78 is 2.29. The standard InChI is InChI=1S/C50H50N4/c1-48(2,3)37-18-22-45-41(31-37)40-19-20-44(53-47(40)54(45)46-23-21-43(52-46)32-15-11-10-12-16-32)36-26-33(25-35(27-36)42-17-13-14-24-51-42)34-28-38(49(4,5)6)30-39(29-34)50(7,8)9/h10-31,52H,1-9H3. The van der Waals surface area contributed by atoms with Crippen molar-refractivity contribution in [2.75, 3.05) is 0 Å². The molecular formula is C50H50N4. The van der Waals surface area contributed by atoms with Gasteiger partial charge >= 0.3 is 0 Å². The summed E-state index contributed by atoms with van der Waals surface area (Å²) in [6.07, 6.45) is 1.87. The van der Waals surface area contributed by atoms with E-state index in [1.165, 1.54) is 27.6 Å². The highest BCUT2D eigenvalue weighted by Crippen LogP contribution is 2.39. The maximum Gasteiger partial charge on any atom is 0.147 e. The van der Waals surface area contributed by atoms with Gasteiger partial charge in [0.1, 0.15) is 11.5 Å². The summed E-state index contributed by atoms with van der Waals surface area (Å²) in [7, 11) is 0. The number of aromatic amines is 1. The van der Waals surface area contributed by atoms with Crippen LogP contribution in [0.5, 0.6) is 0 Å². The third kappa shape index (κ3) is 6.66.